The minimum atomic E-state index is -3.66. The van der Waals surface area contributed by atoms with Gasteiger partial charge in [-0.3, -0.25) is 0 Å². The van der Waals surface area contributed by atoms with Crippen LogP contribution in [0.1, 0.15) is 18.6 Å². The molecule has 1 aromatic carbocycles. The molecule has 0 heterocycles. The van der Waals surface area contributed by atoms with E-state index in [4.69, 9.17) is 0 Å². The van der Waals surface area contributed by atoms with E-state index in [-0.39, 0.29) is 24.0 Å². The molecule has 1 aromatic rings. The highest BCUT2D eigenvalue weighted by molar-refractivity contribution is 7.89. The smallest absolute Gasteiger partial charge is 0.316 e. The van der Waals surface area contributed by atoms with Crippen LogP contribution in [-0.4, -0.2) is 51.6 Å². The molecule has 1 rings (SSSR count). The third-order valence-corrected chi connectivity index (χ3v) is 4.21. The van der Waals surface area contributed by atoms with E-state index in [1.54, 1.807) is 33.2 Å². The molecular formula is C13H21N3O4S. The van der Waals surface area contributed by atoms with E-state index in [1.807, 2.05) is 0 Å². The number of hydrogen-bond donors (Lipinski definition) is 3. The molecule has 7 nitrogen and oxygen atoms in total. The van der Waals surface area contributed by atoms with Crippen LogP contribution in [0.5, 0.6) is 0 Å². The number of aliphatic hydroxyl groups excluding tert-OH is 1. The number of sulfonamides is 1. The van der Waals surface area contributed by atoms with Crippen molar-refractivity contribution in [2.75, 3.05) is 27.2 Å². The average molecular weight is 315 g/mol. The number of amides is 2. The van der Waals surface area contributed by atoms with Gasteiger partial charge in [0.15, 0.2) is 0 Å². The zero-order valence-electron chi connectivity index (χ0n) is 12.3. The fourth-order valence-corrected chi connectivity index (χ4v) is 2.62. The van der Waals surface area contributed by atoms with Crippen molar-refractivity contribution in [3.63, 3.8) is 0 Å². The van der Waals surface area contributed by atoms with Gasteiger partial charge >= 0.3 is 6.03 Å². The third kappa shape index (κ3) is 5.33. The molecule has 8 heteroatoms. The van der Waals surface area contributed by atoms with Crippen molar-refractivity contribution < 1.29 is 18.3 Å². The molecule has 0 saturated carbocycles. The van der Waals surface area contributed by atoms with Gasteiger partial charge < -0.3 is 15.3 Å². The quantitative estimate of drug-likeness (QED) is 0.657. The van der Waals surface area contributed by atoms with Crippen LogP contribution in [0, 0.1) is 0 Å². The van der Waals surface area contributed by atoms with Gasteiger partial charge in [0.2, 0.25) is 10.0 Å². The Morgan fingerprint density at radius 3 is 2.57 bits per heavy atom. The van der Waals surface area contributed by atoms with E-state index < -0.39 is 16.1 Å². The fraction of sp³-hybridized carbons (Fsp3) is 0.462. The van der Waals surface area contributed by atoms with E-state index in [9.17, 15) is 18.3 Å². The SMILES string of the molecule is CC(O)c1cccc(S(=O)(=O)NCCNC(=O)N(C)C)c1. The maximum atomic E-state index is 12.1. The maximum absolute atomic E-state index is 12.1. The van der Waals surface area contributed by atoms with Crippen LogP contribution in [0.3, 0.4) is 0 Å². The minimum Gasteiger partial charge on any atom is -0.389 e. The first-order valence-corrected chi connectivity index (χ1v) is 7.95. The number of benzene rings is 1. The van der Waals surface area contributed by atoms with Gasteiger partial charge in [-0.25, -0.2) is 17.9 Å². The van der Waals surface area contributed by atoms with Crippen LogP contribution >= 0.6 is 0 Å². The molecule has 2 amide bonds. The van der Waals surface area contributed by atoms with Crippen molar-refractivity contribution in [2.24, 2.45) is 0 Å². The third-order valence-electron chi connectivity index (χ3n) is 2.75. The molecule has 118 valence electrons. The zero-order valence-corrected chi connectivity index (χ0v) is 13.1. The molecule has 0 radical (unpaired) electrons. The van der Waals surface area contributed by atoms with E-state index in [1.165, 1.54) is 17.0 Å². The molecular weight excluding hydrogens is 294 g/mol. The van der Waals surface area contributed by atoms with Crippen LogP contribution in [-0.2, 0) is 10.0 Å². The summed E-state index contributed by atoms with van der Waals surface area (Å²) in [6, 6.07) is 5.81. The van der Waals surface area contributed by atoms with Crippen LogP contribution < -0.4 is 10.0 Å². The van der Waals surface area contributed by atoms with Gasteiger partial charge in [0, 0.05) is 27.2 Å². The number of carbonyl (C=O) groups excluding carboxylic acids is 1. The van der Waals surface area contributed by atoms with Crippen molar-refractivity contribution >= 4 is 16.1 Å². The minimum absolute atomic E-state index is 0.0832. The molecule has 0 aromatic heterocycles. The molecule has 1 unspecified atom stereocenters. The predicted molar refractivity (Wildman–Crippen MR) is 79.4 cm³/mol. The van der Waals surface area contributed by atoms with Crippen LogP contribution in [0.15, 0.2) is 29.2 Å². The predicted octanol–water partition coefficient (Wildman–Crippen LogP) is 0.289. The number of rotatable bonds is 6. The number of nitrogens with zero attached hydrogens (tertiary/aromatic N) is 1. The van der Waals surface area contributed by atoms with Gasteiger partial charge in [0.1, 0.15) is 0 Å². The summed E-state index contributed by atoms with van der Waals surface area (Å²) < 4.78 is 26.5. The average Bonchev–Trinajstić information content (AvgIpc) is 2.43. The Morgan fingerprint density at radius 2 is 2.00 bits per heavy atom. The van der Waals surface area contributed by atoms with Gasteiger partial charge in [0.25, 0.3) is 0 Å². The lowest BCUT2D eigenvalue weighted by atomic mass is 10.1. The Hall–Kier alpha value is -1.64. The summed E-state index contributed by atoms with van der Waals surface area (Å²) in [5.41, 5.74) is 0.527. The molecule has 1 atom stereocenters. The molecule has 0 aliphatic rings. The van der Waals surface area contributed by atoms with Crippen LogP contribution in [0.4, 0.5) is 4.79 Å². The lowest BCUT2D eigenvalue weighted by Crippen LogP contribution is -2.39. The fourth-order valence-electron chi connectivity index (χ4n) is 1.54. The molecule has 3 N–H and O–H groups in total. The van der Waals surface area contributed by atoms with Gasteiger partial charge in [-0.1, -0.05) is 12.1 Å². The van der Waals surface area contributed by atoms with E-state index in [0.29, 0.717) is 5.56 Å². The van der Waals surface area contributed by atoms with E-state index in [2.05, 4.69) is 10.0 Å². The molecule has 0 aliphatic carbocycles. The second kappa shape index (κ2) is 7.39. The maximum Gasteiger partial charge on any atom is 0.316 e. The first kappa shape index (κ1) is 17.4. The van der Waals surface area contributed by atoms with Crippen LogP contribution in [0.25, 0.3) is 0 Å². The summed E-state index contributed by atoms with van der Waals surface area (Å²) in [5, 5.41) is 12.0. The van der Waals surface area contributed by atoms with Crippen molar-refractivity contribution in [3.05, 3.63) is 29.8 Å². The standard InChI is InChI=1S/C13H21N3O4S/c1-10(17)11-5-4-6-12(9-11)21(19,20)15-8-7-14-13(18)16(2)3/h4-6,9-10,15,17H,7-8H2,1-3H3,(H,14,18). The lowest BCUT2D eigenvalue weighted by molar-refractivity contribution is 0.199. The second-order valence-electron chi connectivity index (χ2n) is 4.77. The molecule has 0 aliphatic heterocycles. The first-order chi connectivity index (χ1) is 9.74. The van der Waals surface area contributed by atoms with Gasteiger partial charge in [0.05, 0.1) is 11.0 Å². The van der Waals surface area contributed by atoms with Gasteiger partial charge in [-0.2, -0.15) is 0 Å². The summed E-state index contributed by atoms with van der Waals surface area (Å²) in [5.74, 6) is 0. The molecule has 0 saturated heterocycles. The number of nitrogens with one attached hydrogen (secondary N) is 2. The Kier molecular flexibility index (Phi) is 6.13. The molecule has 0 bridgehead atoms. The summed E-state index contributed by atoms with van der Waals surface area (Å²) in [6.45, 7) is 1.84. The Labute approximate surface area is 125 Å². The monoisotopic (exact) mass is 315 g/mol. The summed E-state index contributed by atoms with van der Waals surface area (Å²) in [4.78, 5) is 12.7. The highest BCUT2D eigenvalue weighted by Crippen LogP contribution is 2.16. The topological polar surface area (TPSA) is 98.7 Å². The highest BCUT2D eigenvalue weighted by atomic mass is 32.2. The van der Waals surface area contributed by atoms with E-state index >= 15 is 0 Å². The second-order valence-corrected chi connectivity index (χ2v) is 6.54. The lowest BCUT2D eigenvalue weighted by Gasteiger charge is -2.13. The van der Waals surface area contributed by atoms with Gasteiger partial charge in [-0.05, 0) is 24.6 Å². The van der Waals surface area contributed by atoms with Crippen molar-refractivity contribution in [2.45, 2.75) is 17.9 Å². The van der Waals surface area contributed by atoms with Crippen molar-refractivity contribution in [3.8, 4) is 0 Å². The molecule has 0 fully saturated rings. The number of carbonyl (C=O) groups is 1. The summed E-state index contributed by atoms with van der Waals surface area (Å²) in [6.07, 6.45) is -0.737. The Morgan fingerprint density at radius 1 is 1.33 bits per heavy atom. The Balaban J connectivity index is 2.62. The highest BCUT2D eigenvalue weighted by Gasteiger charge is 2.15. The largest absolute Gasteiger partial charge is 0.389 e. The van der Waals surface area contributed by atoms with Crippen molar-refractivity contribution in [1.82, 2.24) is 14.9 Å². The summed E-state index contributed by atoms with van der Waals surface area (Å²) in [7, 11) is -0.464. The first-order valence-electron chi connectivity index (χ1n) is 6.47. The van der Waals surface area contributed by atoms with E-state index in [0.717, 1.165) is 0 Å². The molecule has 21 heavy (non-hydrogen) atoms. The Bertz CT molecular complexity index is 585. The van der Waals surface area contributed by atoms with Crippen LogP contribution in [0.2, 0.25) is 0 Å². The van der Waals surface area contributed by atoms with Crippen molar-refractivity contribution in [1.29, 1.82) is 0 Å². The molecule has 0 spiro atoms. The summed E-state index contributed by atoms with van der Waals surface area (Å²) >= 11 is 0. The zero-order chi connectivity index (χ0) is 16.0. The normalized spacial score (nSPS) is 12.8. The van der Waals surface area contributed by atoms with Gasteiger partial charge in [-0.15, -0.1) is 0 Å². The number of hydrogen-bond acceptors (Lipinski definition) is 4. The number of urea groups is 1. The number of aliphatic hydroxyl groups is 1.